The van der Waals surface area contributed by atoms with Gasteiger partial charge in [0.05, 0.1) is 13.2 Å². The highest BCUT2D eigenvalue weighted by Gasteiger charge is 2.35. The maximum atomic E-state index is 12.4. The van der Waals surface area contributed by atoms with Crippen molar-refractivity contribution in [3.63, 3.8) is 0 Å². The number of nitrogens with one attached hydrogen (secondary N) is 1. The third-order valence-corrected chi connectivity index (χ3v) is 4.43. The van der Waals surface area contributed by atoms with Crippen LogP contribution in [0.3, 0.4) is 0 Å². The summed E-state index contributed by atoms with van der Waals surface area (Å²) >= 11 is 0. The fourth-order valence-corrected chi connectivity index (χ4v) is 2.76. The molecule has 132 valence electrons. The minimum atomic E-state index is -0.838. The Morgan fingerprint density at radius 3 is 2.24 bits per heavy atom. The van der Waals surface area contributed by atoms with E-state index in [1.807, 2.05) is 54.6 Å². The van der Waals surface area contributed by atoms with Crippen molar-refractivity contribution in [3.8, 4) is 0 Å². The minimum Gasteiger partial charge on any atom is -0.381 e. The van der Waals surface area contributed by atoms with Gasteiger partial charge in [0, 0.05) is 18.9 Å². The lowest BCUT2D eigenvalue weighted by atomic mass is 9.90. The zero-order chi connectivity index (χ0) is 17.5. The van der Waals surface area contributed by atoms with Gasteiger partial charge in [-0.05, 0) is 36.1 Å². The molecule has 1 aliphatic heterocycles. The van der Waals surface area contributed by atoms with Crippen molar-refractivity contribution in [3.05, 3.63) is 65.7 Å². The maximum Gasteiger partial charge on any atom is 0.244 e. The van der Waals surface area contributed by atoms with E-state index in [0.29, 0.717) is 39.3 Å². The molecule has 0 bridgehead atoms. The van der Waals surface area contributed by atoms with Gasteiger partial charge in [-0.15, -0.1) is 0 Å². The van der Waals surface area contributed by atoms with Gasteiger partial charge >= 0.3 is 0 Å². The lowest BCUT2D eigenvalue weighted by Crippen LogP contribution is -2.54. The molecular formula is C20H24N2O3. The molecule has 5 heteroatoms. The van der Waals surface area contributed by atoms with Crippen molar-refractivity contribution < 1.29 is 14.3 Å². The van der Waals surface area contributed by atoms with Crippen LogP contribution in [-0.2, 0) is 27.5 Å². The van der Waals surface area contributed by atoms with Gasteiger partial charge in [-0.3, -0.25) is 4.79 Å². The molecule has 5 nitrogen and oxygen atoms in total. The summed E-state index contributed by atoms with van der Waals surface area (Å²) in [6.45, 7) is 2.17. The standard InChI is InChI=1S/C20H24N2O3/c21-20(10-12-24-13-11-20)19(23)22-18-8-6-17(7-9-18)15-25-14-16-4-2-1-3-5-16/h1-9H,10-15,21H2,(H,22,23). The first-order valence-corrected chi connectivity index (χ1v) is 8.54. The zero-order valence-corrected chi connectivity index (χ0v) is 14.2. The smallest absolute Gasteiger partial charge is 0.244 e. The van der Waals surface area contributed by atoms with Crippen LogP contribution >= 0.6 is 0 Å². The number of amides is 1. The number of ether oxygens (including phenoxy) is 2. The quantitative estimate of drug-likeness (QED) is 0.848. The molecule has 0 aromatic heterocycles. The highest BCUT2D eigenvalue weighted by molar-refractivity contribution is 5.98. The molecule has 1 heterocycles. The summed E-state index contributed by atoms with van der Waals surface area (Å²) in [5.74, 6) is -0.149. The van der Waals surface area contributed by atoms with Gasteiger partial charge in [0.1, 0.15) is 5.54 Å². The van der Waals surface area contributed by atoms with Crippen molar-refractivity contribution in [2.75, 3.05) is 18.5 Å². The molecule has 1 amide bonds. The predicted octanol–water partition coefficient (Wildman–Crippen LogP) is 2.85. The Morgan fingerprint density at radius 1 is 1.00 bits per heavy atom. The molecule has 3 rings (SSSR count). The van der Waals surface area contributed by atoms with E-state index in [0.717, 1.165) is 16.8 Å². The second kappa shape index (κ2) is 8.25. The molecule has 0 saturated carbocycles. The van der Waals surface area contributed by atoms with Crippen molar-refractivity contribution in [1.82, 2.24) is 0 Å². The average Bonchev–Trinajstić information content (AvgIpc) is 2.65. The van der Waals surface area contributed by atoms with E-state index >= 15 is 0 Å². The number of nitrogens with two attached hydrogens (primary N) is 1. The number of carbonyl (C=O) groups is 1. The Kier molecular flexibility index (Phi) is 5.81. The number of rotatable bonds is 6. The van der Waals surface area contributed by atoms with Crippen LogP contribution in [0.1, 0.15) is 24.0 Å². The lowest BCUT2D eigenvalue weighted by Gasteiger charge is -2.31. The first kappa shape index (κ1) is 17.6. The number of hydrogen-bond acceptors (Lipinski definition) is 4. The van der Waals surface area contributed by atoms with Crippen LogP contribution in [0.4, 0.5) is 5.69 Å². The third-order valence-electron chi connectivity index (χ3n) is 4.43. The number of anilines is 1. The average molecular weight is 340 g/mol. The van der Waals surface area contributed by atoms with Gasteiger partial charge in [-0.1, -0.05) is 42.5 Å². The second-order valence-electron chi connectivity index (χ2n) is 6.40. The van der Waals surface area contributed by atoms with Crippen molar-refractivity contribution in [1.29, 1.82) is 0 Å². The maximum absolute atomic E-state index is 12.4. The molecule has 0 atom stereocenters. The SMILES string of the molecule is NC1(C(=O)Nc2ccc(COCc3ccccc3)cc2)CCOCC1. The first-order chi connectivity index (χ1) is 12.2. The van der Waals surface area contributed by atoms with Crippen molar-refractivity contribution in [2.24, 2.45) is 5.73 Å². The van der Waals surface area contributed by atoms with E-state index in [-0.39, 0.29) is 5.91 Å². The van der Waals surface area contributed by atoms with E-state index in [9.17, 15) is 4.79 Å². The highest BCUT2D eigenvalue weighted by Crippen LogP contribution is 2.20. The van der Waals surface area contributed by atoms with Crippen LogP contribution in [0.2, 0.25) is 0 Å². The summed E-state index contributed by atoms with van der Waals surface area (Å²) in [6.07, 6.45) is 1.09. The highest BCUT2D eigenvalue weighted by atomic mass is 16.5. The van der Waals surface area contributed by atoms with Crippen LogP contribution in [0.5, 0.6) is 0 Å². The fourth-order valence-electron chi connectivity index (χ4n) is 2.76. The van der Waals surface area contributed by atoms with Gasteiger partial charge in [0.2, 0.25) is 5.91 Å². The Morgan fingerprint density at radius 2 is 1.60 bits per heavy atom. The van der Waals surface area contributed by atoms with E-state index in [4.69, 9.17) is 15.2 Å². The number of carbonyl (C=O) groups excluding carboxylic acids is 1. The molecule has 25 heavy (non-hydrogen) atoms. The summed E-state index contributed by atoms with van der Waals surface area (Å²) in [6, 6.07) is 17.7. The van der Waals surface area contributed by atoms with Crippen LogP contribution < -0.4 is 11.1 Å². The topological polar surface area (TPSA) is 73.6 Å². The van der Waals surface area contributed by atoms with Gasteiger partial charge < -0.3 is 20.5 Å². The van der Waals surface area contributed by atoms with Gasteiger partial charge in [0.15, 0.2) is 0 Å². The van der Waals surface area contributed by atoms with Crippen LogP contribution in [0, 0.1) is 0 Å². The van der Waals surface area contributed by atoms with E-state index in [2.05, 4.69) is 5.32 Å². The predicted molar refractivity (Wildman–Crippen MR) is 97.0 cm³/mol. The molecule has 0 aliphatic carbocycles. The van der Waals surface area contributed by atoms with Crippen LogP contribution in [0.25, 0.3) is 0 Å². The lowest BCUT2D eigenvalue weighted by molar-refractivity contribution is -0.124. The molecule has 2 aromatic carbocycles. The van der Waals surface area contributed by atoms with Gasteiger partial charge in [-0.2, -0.15) is 0 Å². The summed E-state index contributed by atoms with van der Waals surface area (Å²) in [7, 11) is 0. The van der Waals surface area contributed by atoms with E-state index < -0.39 is 5.54 Å². The normalized spacial score (nSPS) is 16.4. The Balaban J connectivity index is 1.49. The molecule has 1 aliphatic rings. The second-order valence-corrected chi connectivity index (χ2v) is 6.40. The zero-order valence-electron chi connectivity index (χ0n) is 14.2. The number of benzene rings is 2. The molecular weight excluding hydrogens is 316 g/mol. The summed E-state index contributed by atoms with van der Waals surface area (Å²) in [5, 5.41) is 2.90. The molecule has 0 unspecified atom stereocenters. The molecule has 1 fully saturated rings. The largest absolute Gasteiger partial charge is 0.381 e. The van der Waals surface area contributed by atoms with Crippen molar-refractivity contribution in [2.45, 2.75) is 31.6 Å². The minimum absolute atomic E-state index is 0.149. The molecule has 3 N–H and O–H groups in total. The third kappa shape index (κ3) is 4.89. The molecule has 1 saturated heterocycles. The Hall–Kier alpha value is -2.21. The molecule has 0 radical (unpaired) electrons. The monoisotopic (exact) mass is 340 g/mol. The summed E-state index contributed by atoms with van der Waals surface area (Å²) in [5.41, 5.74) is 8.30. The Labute approximate surface area is 148 Å². The fraction of sp³-hybridized carbons (Fsp3) is 0.350. The van der Waals surface area contributed by atoms with Gasteiger partial charge in [-0.25, -0.2) is 0 Å². The summed E-state index contributed by atoms with van der Waals surface area (Å²) < 4.78 is 11.0. The molecule has 0 spiro atoms. The van der Waals surface area contributed by atoms with Crippen LogP contribution in [0.15, 0.2) is 54.6 Å². The van der Waals surface area contributed by atoms with E-state index in [1.54, 1.807) is 0 Å². The first-order valence-electron chi connectivity index (χ1n) is 8.54. The van der Waals surface area contributed by atoms with E-state index in [1.165, 1.54) is 0 Å². The summed E-state index contributed by atoms with van der Waals surface area (Å²) in [4.78, 5) is 12.4. The number of hydrogen-bond donors (Lipinski definition) is 2. The van der Waals surface area contributed by atoms with Crippen molar-refractivity contribution >= 4 is 11.6 Å². The molecule has 2 aromatic rings. The van der Waals surface area contributed by atoms with Gasteiger partial charge in [0.25, 0.3) is 0 Å². The Bertz CT molecular complexity index is 680. The van der Waals surface area contributed by atoms with Crippen LogP contribution in [-0.4, -0.2) is 24.7 Å².